The van der Waals surface area contributed by atoms with Gasteiger partial charge in [0.25, 0.3) is 5.91 Å². The fraction of sp³-hybridized carbons (Fsp3) is 0.389. The molecule has 0 aliphatic carbocycles. The van der Waals surface area contributed by atoms with Crippen LogP contribution < -0.4 is 0 Å². The summed E-state index contributed by atoms with van der Waals surface area (Å²) >= 11 is 0. The lowest BCUT2D eigenvalue weighted by Gasteiger charge is -2.35. The first-order valence-electron chi connectivity index (χ1n) is 8.28. The topological polar surface area (TPSA) is 75.4 Å². The van der Waals surface area contributed by atoms with Gasteiger partial charge in [0, 0.05) is 37.0 Å². The van der Waals surface area contributed by atoms with Crippen molar-refractivity contribution >= 4 is 11.9 Å². The Hall–Kier alpha value is -2.63. The van der Waals surface area contributed by atoms with Crippen LogP contribution in [0, 0.1) is 0 Å². The molecular weight excluding hydrogens is 306 g/mol. The predicted octanol–water partition coefficient (Wildman–Crippen LogP) is 2.73. The van der Waals surface area contributed by atoms with Crippen molar-refractivity contribution in [2.75, 3.05) is 6.54 Å². The monoisotopic (exact) mass is 327 g/mol. The number of amides is 1. The van der Waals surface area contributed by atoms with E-state index in [1.54, 1.807) is 10.9 Å². The molecule has 1 aliphatic heterocycles. The van der Waals surface area contributed by atoms with E-state index in [0.29, 0.717) is 18.5 Å². The average Bonchev–Trinajstić information content (AvgIpc) is 3.14. The maximum atomic E-state index is 12.8. The molecule has 0 saturated carbocycles. The van der Waals surface area contributed by atoms with Crippen LogP contribution in [0.5, 0.6) is 0 Å². The number of carboxylic acids is 1. The number of likely N-dealkylation sites (tertiary alicyclic amines) is 1. The number of piperidine rings is 1. The lowest BCUT2D eigenvalue weighted by Crippen LogP contribution is -2.43. The minimum atomic E-state index is -0.809. The molecule has 0 bridgehead atoms. The number of carbonyl (C=O) groups excluding carboxylic acids is 1. The largest absolute Gasteiger partial charge is 0.481 e. The van der Waals surface area contributed by atoms with Gasteiger partial charge in [-0.2, -0.15) is 5.10 Å². The van der Waals surface area contributed by atoms with Crippen molar-refractivity contribution in [2.24, 2.45) is 0 Å². The highest BCUT2D eigenvalue weighted by Crippen LogP contribution is 2.23. The normalized spacial score (nSPS) is 17.7. The summed E-state index contributed by atoms with van der Waals surface area (Å²) in [5.41, 5.74) is 1.53. The molecule has 6 nitrogen and oxygen atoms in total. The minimum Gasteiger partial charge on any atom is -0.481 e. The molecule has 0 radical (unpaired) electrons. The number of nitrogens with zero attached hydrogens (tertiary/aromatic N) is 3. The molecule has 1 aromatic heterocycles. The van der Waals surface area contributed by atoms with Gasteiger partial charge < -0.3 is 10.0 Å². The smallest absolute Gasteiger partial charge is 0.303 e. The summed E-state index contributed by atoms with van der Waals surface area (Å²) in [6.07, 6.45) is 7.08. The molecule has 24 heavy (non-hydrogen) atoms. The SMILES string of the molecule is O=C(O)CC[C@H]1CCCCN1C(=O)c1ccc(-n2cccn2)cc1. The number of rotatable bonds is 5. The molecule has 1 aliphatic rings. The van der Waals surface area contributed by atoms with Crippen molar-refractivity contribution in [1.82, 2.24) is 14.7 Å². The molecule has 2 heterocycles. The Morgan fingerprint density at radius 1 is 1.21 bits per heavy atom. The van der Waals surface area contributed by atoms with E-state index in [1.165, 1.54) is 0 Å². The van der Waals surface area contributed by atoms with Crippen LogP contribution >= 0.6 is 0 Å². The van der Waals surface area contributed by atoms with Crippen molar-refractivity contribution in [3.05, 3.63) is 48.3 Å². The zero-order valence-corrected chi connectivity index (χ0v) is 13.5. The summed E-state index contributed by atoms with van der Waals surface area (Å²) in [6.45, 7) is 0.698. The second kappa shape index (κ2) is 7.29. The number of hydrogen-bond donors (Lipinski definition) is 1. The van der Waals surface area contributed by atoms with Gasteiger partial charge in [-0.25, -0.2) is 4.68 Å². The van der Waals surface area contributed by atoms with Crippen LogP contribution in [0.1, 0.15) is 42.5 Å². The molecule has 1 N–H and O–H groups in total. The maximum absolute atomic E-state index is 12.8. The summed E-state index contributed by atoms with van der Waals surface area (Å²) in [5, 5.41) is 13.1. The molecule has 126 valence electrons. The van der Waals surface area contributed by atoms with Gasteiger partial charge in [0.05, 0.1) is 5.69 Å². The Morgan fingerprint density at radius 2 is 2.00 bits per heavy atom. The lowest BCUT2D eigenvalue weighted by molar-refractivity contribution is -0.137. The second-order valence-corrected chi connectivity index (χ2v) is 6.08. The van der Waals surface area contributed by atoms with Gasteiger partial charge in [0.1, 0.15) is 0 Å². The van der Waals surface area contributed by atoms with Crippen LogP contribution in [-0.4, -0.2) is 44.3 Å². The summed E-state index contributed by atoms with van der Waals surface area (Å²) < 4.78 is 1.74. The molecule has 0 unspecified atom stereocenters. The fourth-order valence-corrected chi connectivity index (χ4v) is 3.20. The molecule has 1 fully saturated rings. The molecule has 1 amide bonds. The van der Waals surface area contributed by atoms with E-state index < -0.39 is 5.97 Å². The van der Waals surface area contributed by atoms with Crippen LogP contribution in [0.3, 0.4) is 0 Å². The Kier molecular flexibility index (Phi) is 4.93. The van der Waals surface area contributed by atoms with Crippen LogP contribution in [0.25, 0.3) is 5.69 Å². The van der Waals surface area contributed by atoms with Crippen molar-refractivity contribution in [1.29, 1.82) is 0 Å². The molecular formula is C18H21N3O3. The Labute approximate surface area is 140 Å². The van der Waals surface area contributed by atoms with Gasteiger partial charge in [0.15, 0.2) is 0 Å². The van der Waals surface area contributed by atoms with Crippen LogP contribution in [-0.2, 0) is 4.79 Å². The van der Waals surface area contributed by atoms with Gasteiger partial charge in [-0.3, -0.25) is 9.59 Å². The van der Waals surface area contributed by atoms with Gasteiger partial charge >= 0.3 is 5.97 Å². The first kappa shape index (κ1) is 16.2. The number of benzene rings is 1. The highest BCUT2D eigenvalue weighted by molar-refractivity contribution is 5.94. The third-order valence-corrected chi connectivity index (χ3v) is 4.46. The van der Waals surface area contributed by atoms with E-state index >= 15 is 0 Å². The molecule has 2 aromatic rings. The maximum Gasteiger partial charge on any atom is 0.303 e. The fourth-order valence-electron chi connectivity index (χ4n) is 3.20. The molecule has 6 heteroatoms. The number of carboxylic acid groups (broad SMARTS) is 1. The molecule has 1 saturated heterocycles. The van der Waals surface area contributed by atoms with Crippen LogP contribution in [0.15, 0.2) is 42.7 Å². The zero-order chi connectivity index (χ0) is 16.9. The molecule has 3 rings (SSSR count). The standard InChI is InChI=1S/C18H21N3O3/c22-17(23)10-9-15-4-1-2-12-20(15)18(24)14-5-7-16(8-6-14)21-13-3-11-19-21/h3,5-8,11,13,15H,1-2,4,9-10,12H2,(H,22,23)/t15-/m1/s1. The Balaban J connectivity index is 1.72. The van der Waals surface area contributed by atoms with Crippen LogP contribution in [0.2, 0.25) is 0 Å². The Bertz CT molecular complexity index is 695. The first-order valence-corrected chi connectivity index (χ1v) is 8.28. The van der Waals surface area contributed by atoms with Gasteiger partial charge in [-0.1, -0.05) is 0 Å². The van der Waals surface area contributed by atoms with E-state index in [4.69, 9.17) is 5.11 Å². The molecule has 1 atom stereocenters. The summed E-state index contributed by atoms with van der Waals surface area (Å²) in [6, 6.07) is 9.23. The van der Waals surface area contributed by atoms with Gasteiger partial charge in [-0.15, -0.1) is 0 Å². The lowest BCUT2D eigenvalue weighted by atomic mass is 9.97. The second-order valence-electron chi connectivity index (χ2n) is 6.08. The van der Waals surface area contributed by atoms with Crippen LogP contribution in [0.4, 0.5) is 0 Å². The Morgan fingerprint density at radius 3 is 2.67 bits per heavy atom. The minimum absolute atomic E-state index is 0.0166. The molecule has 1 aromatic carbocycles. The van der Waals surface area contributed by atoms with Gasteiger partial charge in [0.2, 0.25) is 0 Å². The third kappa shape index (κ3) is 3.64. The zero-order valence-electron chi connectivity index (χ0n) is 13.5. The van der Waals surface area contributed by atoms with Crippen molar-refractivity contribution in [2.45, 2.75) is 38.1 Å². The highest BCUT2D eigenvalue weighted by Gasteiger charge is 2.27. The first-order chi connectivity index (χ1) is 11.6. The van der Waals surface area contributed by atoms with E-state index in [-0.39, 0.29) is 18.4 Å². The third-order valence-electron chi connectivity index (χ3n) is 4.46. The summed E-state index contributed by atoms with van der Waals surface area (Å²) in [4.78, 5) is 25.5. The number of carbonyl (C=O) groups is 2. The van der Waals surface area contributed by atoms with Gasteiger partial charge in [-0.05, 0) is 56.0 Å². The average molecular weight is 327 g/mol. The van der Waals surface area contributed by atoms with E-state index in [0.717, 1.165) is 24.9 Å². The van der Waals surface area contributed by atoms with E-state index in [1.807, 2.05) is 41.4 Å². The number of aliphatic carboxylic acids is 1. The molecule has 0 spiro atoms. The summed E-state index contributed by atoms with van der Waals surface area (Å²) in [7, 11) is 0. The quantitative estimate of drug-likeness (QED) is 0.916. The van der Waals surface area contributed by atoms with Crippen molar-refractivity contribution < 1.29 is 14.7 Å². The van der Waals surface area contributed by atoms with Crippen molar-refractivity contribution in [3.8, 4) is 5.69 Å². The summed E-state index contributed by atoms with van der Waals surface area (Å²) in [5.74, 6) is -0.825. The van der Waals surface area contributed by atoms with E-state index in [2.05, 4.69) is 5.10 Å². The predicted molar refractivity (Wildman–Crippen MR) is 89.1 cm³/mol. The highest BCUT2D eigenvalue weighted by atomic mass is 16.4. The van der Waals surface area contributed by atoms with Crippen molar-refractivity contribution in [3.63, 3.8) is 0 Å². The van der Waals surface area contributed by atoms with E-state index in [9.17, 15) is 9.59 Å². The number of hydrogen-bond acceptors (Lipinski definition) is 3. The number of aromatic nitrogens is 2.